The second-order valence-electron chi connectivity index (χ2n) is 12.6. The fraction of sp³-hybridized carbons (Fsp3) is 0.250. The third kappa shape index (κ3) is 5.52. The highest BCUT2D eigenvalue weighted by Crippen LogP contribution is 2.36. The molecule has 0 saturated carbocycles. The number of nitrogens with one attached hydrogen (secondary N) is 1. The van der Waals surface area contributed by atoms with Crippen molar-refractivity contribution >= 4 is 40.5 Å². The number of imide groups is 2. The first kappa shape index (κ1) is 31.3. The molecule has 1 unspecified atom stereocenters. The summed E-state index contributed by atoms with van der Waals surface area (Å²) in [6.07, 6.45) is 0.593. The number of benzene rings is 3. The largest absolute Gasteiger partial charge is 0.457 e. The lowest BCUT2D eigenvalue weighted by Crippen LogP contribution is -2.54. The second-order valence-corrected chi connectivity index (χ2v) is 12.6. The average Bonchev–Trinajstić information content (AvgIpc) is 3.61. The summed E-state index contributed by atoms with van der Waals surface area (Å²) in [5, 5.41) is 7.59. The molecule has 5 aromatic rings. The van der Waals surface area contributed by atoms with Gasteiger partial charge >= 0.3 is 0 Å². The molecule has 50 heavy (non-hydrogen) atoms. The number of rotatable bonds is 7. The van der Waals surface area contributed by atoms with Gasteiger partial charge in [-0.05, 0) is 66.9 Å². The van der Waals surface area contributed by atoms with Gasteiger partial charge in [-0.1, -0.05) is 24.3 Å². The van der Waals surface area contributed by atoms with E-state index in [4.69, 9.17) is 15.6 Å². The fourth-order valence-corrected chi connectivity index (χ4v) is 6.98. The van der Waals surface area contributed by atoms with Crippen molar-refractivity contribution in [2.45, 2.75) is 44.1 Å². The number of aromatic nitrogens is 4. The van der Waals surface area contributed by atoms with Crippen LogP contribution in [-0.4, -0.2) is 78.5 Å². The average molecular weight is 675 g/mol. The summed E-state index contributed by atoms with van der Waals surface area (Å²) in [7, 11) is 0. The van der Waals surface area contributed by atoms with Crippen molar-refractivity contribution in [2.75, 3.05) is 18.8 Å². The van der Waals surface area contributed by atoms with Gasteiger partial charge in [0, 0.05) is 31.6 Å². The maximum absolute atomic E-state index is 16.1. The highest BCUT2D eigenvalue weighted by molar-refractivity contribution is 6.23. The minimum atomic E-state index is -1.31. The maximum atomic E-state index is 16.1. The number of carbonyl (C=O) groups is 4. The molecule has 8 rings (SSSR count). The topological polar surface area (TPSA) is 166 Å². The van der Waals surface area contributed by atoms with Crippen LogP contribution in [0.4, 0.5) is 10.2 Å². The van der Waals surface area contributed by atoms with Crippen LogP contribution in [0.15, 0.2) is 79.1 Å². The predicted octanol–water partition coefficient (Wildman–Crippen LogP) is 4.05. The van der Waals surface area contributed by atoms with Crippen molar-refractivity contribution in [1.29, 1.82) is 0 Å². The Balaban J connectivity index is 0.985. The van der Waals surface area contributed by atoms with E-state index < -0.39 is 41.9 Å². The first-order chi connectivity index (χ1) is 24.2. The number of nitrogens with zero attached hydrogens (tertiary/aromatic N) is 6. The lowest BCUT2D eigenvalue weighted by molar-refractivity contribution is -0.136. The van der Waals surface area contributed by atoms with E-state index in [0.717, 1.165) is 16.0 Å². The number of anilines is 1. The number of halogens is 1. The van der Waals surface area contributed by atoms with Crippen molar-refractivity contribution < 1.29 is 28.3 Å². The van der Waals surface area contributed by atoms with Gasteiger partial charge in [-0.15, -0.1) is 0 Å². The van der Waals surface area contributed by atoms with Gasteiger partial charge in [-0.2, -0.15) is 5.10 Å². The molecule has 2 fully saturated rings. The third-order valence-electron chi connectivity index (χ3n) is 9.44. The Hall–Kier alpha value is -6.02. The maximum Gasteiger partial charge on any atom is 0.262 e. The summed E-state index contributed by atoms with van der Waals surface area (Å²) < 4.78 is 23.6. The lowest BCUT2D eigenvalue weighted by atomic mass is 10.0. The van der Waals surface area contributed by atoms with Crippen LogP contribution in [0.25, 0.3) is 22.3 Å². The van der Waals surface area contributed by atoms with Crippen LogP contribution in [0.3, 0.4) is 0 Å². The number of likely N-dealkylation sites (tertiary alicyclic amines) is 1. The van der Waals surface area contributed by atoms with Crippen LogP contribution in [0, 0.1) is 0 Å². The van der Waals surface area contributed by atoms with Crippen molar-refractivity contribution in [3.05, 3.63) is 95.8 Å². The molecule has 252 valence electrons. The number of amides is 4. The van der Waals surface area contributed by atoms with Gasteiger partial charge in [0.1, 0.15) is 41.6 Å². The van der Waals surface area contributed by atoms with Crippen molar-refractivity contribution in [2.24, 2.45) is 0 Å². The summed E-state index contributed by atoms with van der Waals surface area (Å²) in [5.41, 5.74) is 9.18. The number of nitrogen functional groups attached to an aromatic ring is 1. The van der Waals surface area contributed by atoms with E-state index >= 15 is 4.39 Å². The van der Waals surface area contributed by atoms with Gasteiger partial charge in [0.25, 0.3) is 11.8 Å². The minimum absolute atomic E-state index is 0.0447. The molecule has 3 atom stereocenters. The molecule has 3 N–H and O–H groups in total. The summed E-state index contributed by atoms with van der Waals surface area (Å²) in [6, 6.07) is 20.1. The van der Waals surface area contributed by atoms with Crippen molar-refractivity contribution in [1.82, 2.24) is 34.9 Å². The molecule has 3 aliphatic heterocycles. The quantitative estimate of drug-likeness (QED) is 0.241. The SMILES string of the molecule is Nc1ncnc2c1c(-c1ccc(Oc3ccccc3)cc1)nn2[C@@H]1CCN(Cc2ccc3c(c2)C(=O)N(C2CCC(=O)NC2=O)C3=O)C[C@H]1F. The zero-order valence-electron chi connectivity index (χ0n) is 26.7. The Morgan fingerprint density at radius 3 is 2.42 bits per heavy atom. The molecule has 3 aliphatic rings. The number of ether oxygens (including phenoxy) is 1. The molecule has 0 bridgehead atoms. The lowest BCUT2D eigenvalue weighted by Gasteiger charge is -2.34. The molecule has 0 spiro atoms. The molecule has 14 heteroatoms. The molecule has 13 nitrogen and oxygen atoms in total. The van der Waals surface area contributed by atoms with Crippen LogP contribution >= 0.6 is 0 Å². The Bertz CT molecular complexity index is 2170. The van der Waals surface area contributed by atoms with E-state index in [-0.39, 0.29) is 36.3 Å². The molecule has 2 saturated heterocycles. The first-order valence-corrected chi connectivity index (χ1v) is 16.3. The standard InChI is InChI=1S/C36H31FN8O5/c37-26-18-43(17-20-6-11-24-25(16-20)36(49)44(35(24)48)28-12-13-29(46)41-34(28)47)15-14-27(26)45-33-30(32(38)39-19-40-33)31(42-45)21-7-9-23(10-8-21)50-22-4-2-1-3-5-22/h1-11,16,19,26-28H,12-15,17-18H2,(H2,38,39,40)(H,41,46,47)/t26-,27-,28?/m1/s1. The Morgan fingerprint density at radius 2 is 1.66 bits per heavy atom. The van der Waals surface area contributed by atoms with E-state index in [2.05, 4.69) is 15.3 Å². The highest BCUT2D eigenvalue weighted by atomic mass is 19.1. The summed E-state index contributed by atoms with van der Waals surface area (Å²) in [6.45, 7) is 0.970. The van der Waals surface area contributed by atoms with E-state index in [9.17, 15) is 19.2 Å². The minimum Gasteiger partial charge on any atom is -0.457 e. The van der Waals surface area contributed by atoms with Gasteiger partial charge in [0.05, 0.1) is 22.6 Å². The van der Waals surface area contributed by atoms with E-state index in [1.807, 2.05) is 59.5 Å². The van der Waals surface area contributed by atoms with Gasteiger partial charge in [-0.25, -0.2) is 19.0 Å². The molecule has 5 heterocycles. The second kappa shape index (κ2) is 12.5. The third-order valence-corrected chi connectivity index (χ3v) is 9.44. The van der Waals surface area contributed by atoms with Crippen LogP contribution in [0.5, 0.6) is 11.5 Å². The molecular weight excluding hydrogens is 643 g/mol. The van der Waals surface area contributed by atoms with E-state index in [1.165, 1.54) is 6.33 Å². The van der Waals surface area contributed by atoms with Crippen LogP contribution < -0.4 is 15.8 Å². The molecule has 2 aromatic heterocycles. The van der Waals surface area contributed by atoms with Gasteiger partial charge in [-0.3, -0.25) is 34.3 Å². The summed E-state index contributed by atoms with van der Waals surface area (Å²) >= 11 is 0. The Kier molecular flexibility index (Phi) is 7.79. The number of carbonyl (C=O) groups excluding carboxylic acids is 4. The normalized spacial score (nSPS) is 21.1. The first-order valence-electron chi connectivity index (χ1n) is 16.3. The molecular formula is C36H31FN8O5. The van der Waals surface area contributed by atoms with Gasteiger partial charge in [0.15, 0.2) is 5.65 Å². The zero-order valence-corrected chi connectivity index (χ0v) is 26.7. The smallest absolute Gasteiger partial charge is 0.262 e. The van der Waals surface area contributed by atoms with Crippen LogP contribution in [0.1, 0.15) is 51.6 Å². The fourth-order valence-electron chi connectivity index (χ4n) is 6.98. The Labute approximate surface area is 284 Å². The monoisotopic (exact) mass is 674 g/mol. The number of para-hydroxylation sites is 1. The number of alkyl halides is 1. The number of hydrogen-bond donors (Lipinski definition) is 2. The molecule has 3 aromatic carbocycles. The van der Waals surface area contributed by atoms with Crippen molar-refractivity contribution in [3.63, 3.8) is 0 Å². The molecule has 0 aliphatic carbocycles. The van der Waals surface area contributed by atoms with Crippen LogP contribution in [0.2, 0.25) is 0 Å². The number of piperidine rings is 2. The number of fused-ring (bicyclic) bond motifs is 2. The van der Waals surface area contributed by atoms with Gasteiger partial charge < -0.3 is 10.5 Å². The molecule has 4 amide bonds. The zero-order chi connectivity index (χ0) is 34.5. The van der Waals surface area contributed by atoms with Crippen molar-refractivity contribution in [3.8, 4) is 22.8 Å². The molecule has 0 radical (unpaired) electrons. The van der Waals surface area contributed by atoms with E-state index in [0.29, 0.717) is 47.7 Å². The highest BCUT2D eigenvalue weighted by Gasteiger charge is 2.44. The number of hydrogen-bond acceptors (Lipinski definition) is 10. The predicted molar refractivity (Wildman–Crippen MR) is 179 cm³/mol. The van der Waals surface area contributed by atoms with E-state index in [1.54, 1.807) is 22.9 Å². The number of nitrogens with two attached hydrogens (primary N) is 1. The Morgan fingerprint density at radius 1 is 0.900 bits per heavy atom. The van der Waals surface area contributed by atoms with Crippen LogP contribution in [-0.2, 0) is 16.1 Å². The summed E-state index contributed by atoms with van der Waals surface area (Å²) in [4.78, 5) is 61.9. The summed E-state index contributed by atoms with van der Waals surface area (Å²) in [5.74, 6) is -0.635. The van der Waals surface area contributed by atoms with Gasteiger partial charge in [0.2, 0.25) is 11.8 Å².